The third-order valence-electron chi connectivity index (χ3n) is 3.47. The summed E-state index contributed by atoms with van der Waals surface area (Å²) in [6.07, 6.45) is 6.62. The highest BCUT2D eigenvalue weighted by atomic mass is 15.2. The number of nitrogens with zero attached hydrogens (tertiary/aromatic N) is 1. The topological polar surface area (TPSA) is 27.1 Å². The summed E-state index contributed by atoms with van der Waals surface area (Å²) < 4.78 is 0. The van der Waals surface area contributed by atoms with Crippen LogP contribution in [0, 0.1) is 11.3 Å². The summed E-state index contributed by atoms with van der Waals surface area (Å²) in [5, 5.41) is 7.56. The maximum absolute atomic E-state index is 7.56. The first-order valence-electron chi connectivity index (χ1n) is 5.43. The highest BCUT2D eigenvalue weighted by Crippen LogP contribution is 2.28. The molecule has 2 nitrogen and oxygen atoms in total. The zero-order chi connectivity index (χ0) is 9.84. The highest BCUT2D eigenvalue weighted by molar-refractivity contribution is 5.76. The molecule has 13 heavy (non-hydrogen) atoms. The Hall–Kier alpha value is -0.530. The summed E-state index contributed by atoms with van der Waals surface area (Å²) in [7, 11) is 2.05. The van der Waals surface area contributed by atoms with Gasteiger partial charge >= 0.3 is 0 Å². The second-order valence-corrected chi connectivity index (χ2v) is 4.28. The largest absolute Gasteiger partial charge is 0.361 e. The molecule has 1 aliphatic rings. The minimum Gasteiger partial charge on any atom is -0.361 e. The Kier molecular flexibility index (Phi) is 3.76. The molecule has 0 saturated heterocycles. The molecule has 0 aliphatic heterocycles. The Morgan fingerprint density at radius 2 is 1.85 bits per heavy atom. The molecule has 0 spiro atoms. The van der Waals surface area contributed by atoms with Crippen LogP contribution in [0.2, 0.25) is 0 Å². The van der Waals surface area contributed by atoms with Gasteiger partial charge in [0, 0.05) is 13.1 Å². The van der Waals surface area contributed by atoms with Gasteiger partial charge in [-0.05, 0) is 38.5 Å². The third-order valence-corrected chi connectivity index (χ3v) is 3.47. The number of amidine groups is 1. The van der Waals surface area contributed by atoms with Gasteiger partial charge in [-0.2, -0.15) is 0 Å². The van der Waals surface area contributed by atoms with Crippen molar-refractivity contribution in [1.82, 2.24) is 4.90 Å². The van der Waals surface area contributed by atoms with Gasteiger partial charge in [0.1, 0.15) is 0 Å². The van der Waals surface area contributed by atoms with Crippen molar-refractivity contribution < 1.29 is 0 Å². The molecule has 1 N–H and O–H groups in total. The van der Waals surface area contributed by atoms with E-state index in [4.69, 9.17) is 5.41 Å². The summed E-state index contributed by atoms with van der Waals surface area (Å²) in [6, 6.07) is 0.639. The van der Waals surface area contributed by atoms with Crippen LogP contribution in [0.1, 0.15) is 46.0 Å². The van der Waals surface area contributed by atoms with E-state index in [1.54, 1.807) is 0 Å². The molecule has 2 heteroatoms. The Morgan fingerprint density at radius 3 is 2.23 bits per heavy atom. The molecular weight excluding hydrogens is 160 g/mol. The van der Waals surface area contributed by atoms with Crippen LogP contribution in [0.4, 0.5) is 0 Å². The molecule has 0 aromatic heterocycles. The lowest BCUT2D eigenvalue weighted by Gasteiger charge is -2.35. The molecule has 0 aromatic carbocycles. The van der Waals surface area contributed by atoms with E-state index in [9.17, 15) is 0 Å². The van der Waals surface area contributed by atoms with Crippen LogP contribution in [-0.2, 0) is 0 Å². The molecule has 0 heterocycles. The number of nitrogens with one attached hydrogen (secondary N) is 1. The van der Waals surface area contributed by atoms with E-state index in [-0.39, 0.29) is 0 Å². The molecule has 1 rings (SSSR count). The summed E-state index contributed by atoms with van der Waals surface area (Å²) in [5.74, 6) is 1.66. The Bertz CT molecular complexity index is 169. The lowest BCUT2D eigenvalue weighted by Crippen LogP contribution is -2.37. The van der Waals surface area contributed by atoms with E-state index < -0.39 is 0 Å². The molecule has 76 valence electrons. The number of rotatable bonds is 2. The molecule has 1 fully saturated rings. The van der Waals surface area contributed by atoms with Crippen LogP contribution in [0.5, 0.6) is 0 Å². The van der Waals surface area contributed by atoms with E-state index in [1.807, 2.05) is 6.92 Å². The molecule has 0 aromatic rings. The maximum atomic E-state index is 7.56. The van der Waals surface area contributed by atoms with E-state index in [0.29, 0.717) is 11.9 Å². The predicted molar refractivity (Wildman–Crippen MR) is 57.2 cm³/mol. The fourth-order valence-electron chi connectivity index (χ4n) is 2.21. The van der Waals surface area contributed by atoms with Crippen LogP contribution in [-0.4, -0.2) is 23.8 Å². The average Bonchev–Trinajstić information content (AvgIpc) is 2.17. The predicted octanol–water partition coefficient (Wildman–Crippen LogP) is 2.88. The molecule has 1 aliphatic carbocycles. The van der Waals surface area contributed by atoms with Gasteiger partial charge in [0.25, 0.3) is 0 Å². The summed E-state index contributed by atoms with van der Waals surface area (Å²) in [6.45, 7) is 4.17. The first-order valence-corrected chi connectivity index (χ1v) is 5.43. The standard InChI is InChI=1S/C11H22N2/c1-4-10-5-7-11(8-6-10)13(3)9(2)12/h10-12H,4-8H2,1-3H3. The summed E-state index contributed by atoms with van der Waals surface area (Å²) >= 11 is 0. The van der Waals surface area contributed by atoms with Crippen LogP contribution in [0.15, 0.2) is 0 Å². The highest BCUT2D eigenvalue weighted by Gasteiger charge is 2.22. The first-order chi connectivity index (χ1) is 6.15. The van der Waals surface area contributed by atoms with Crippen molar-refractivity contribution in [2.75, 3.05) is 7.05 Å². The van der Waals surface area contributed by atoms with Gasteiger partial charge < -0.3 is 4.90 Å². The van der Waals surface area contributed by atoms with E-state index in [0.717, 1.165) is 5.92 Å². The quantitative estimate of drug-likeness (QED) is 0.516. The van der Waals surface area contributed by atoms with Crippen molar-refractivity contribution in [3.05, 3.63) is 0 Å². The van der Waals surface area contributed by atoms with Crippen LogP contribution in [0.3, 0.4) is 0 Å². The third kappa shape index (κ3) is 2.71. The molecule has 0 bridgehead atoms. The Balaban J connectivity index is 2.36. The molecule has 0 atom stereocenters. The maximum Gasteiger partial charge on any atom is 0.0925 e. The number of hydrogen-bond donors (Lipinski definition) is 1. The fraction of sp³-hybridized carbons (Fsp3) is 0.909. The van der Waals surface area contributed by atoms with E-state index >= 15 is 0 Å². The zero-order valence-electron chi connectivity index (χ0n) is 9.14. The molecular formula is C11H22N2. The van der Waals surface area contributed by atoms with Gasteiger partial charge in [0.2, 0.25) is 0 Å². The molecule has 0 amide bonds. The van der Waals surface area contributed by atoms with Gasteiger partial charge in [0.05, 0.1) is 5.84 Å². The minimum atomic E-state index is 0.639. The van der Waals surface area contributed by atoms with Crippen molar-refractivity contribution in [2.24, 2.45) is 5.92 Å². The summed E-state index contributed by atoms with van der Waals surface area (Å²) in [5.41, 5.74) is 0. The monoisotopic (exact) mass is 182 g/mol. The van der Waals surface area contributed by atoms with Gasteiger partial charge in [-0.3, -0.25) is 5.41 Å². The Labute approximate surface area is 81.8 Å². The molecule has 1 saturated carbocycles. The lowest BCUT2D eigenvalue weighted by atomic mass is 9.84. The summed E-state index contributed by atoms with van der Waals surface area (Å²) in [4.78, 5) is 2.13. The first kappa shape index (κ1) is 10.6. The number of hydrogen-bond acceptors (Lipinski definition) is 1. The molecule has 0 unspecified atom stereocenters. The molecule has 0 radical (unpaired) electrons. The van der Waals surface area contributed by atoms with Gasteiger partial charge in [0.15, 0.2) is 0 Å². The van der Waals surface area contributed by atoms with Crippen molar-refractivity contribution in [3.63, 3.8) is 0 Å². The van der Waals surface area contributed by atoms with Crippen molar-refractivity contribution in [2.45, 2.75) is 52.0 Å². The van der Waals surface area contributed by atoms with Gasteiger partial charge in [-0.15, -0.1) is 0 Å². The zero-order valence-corrected chi connectivity index (χ0v) is 9.14. The van der Waals surface area contributed by atoms with Crippen molar-refractivity contribution in [1.29, 1.82) is 5.41 Å². The SMILES string of the molecule is CCC1CCC(N(C)C(C)=N)CC1. The minimum absolute atomic E-state index is 0.639. The van der Waals surface area contributed by atoms with Crippen LogP contribution >= 0.6 is 0 Å². The van der Waals surface area contributed by atoms with Crippen LogP contribution in [0.25, 0.3) is 0 Å². The van der Waals surface area contributed by atoms with E-state index in [2.05, 4.69) is 18.9 Å². The van der Waals surface area contributed by atoms with Crippen LogP contribution < -0.4 is 0 Å². The van der Waals surface area contributed by atoms with Gasteiger partial charge in [-0.25, -0.2) is 0 Å². The van der Waals surface area contributed by atoms with Crippen molar-refractivity contribution in [3.8, 4) is 0 Å². The van der Waals surface area contributed by atoms with Gasteiger partial charge in [-0.1, -0.05) is 13.3 Å². The lowest BCUT2D eigenvalue weighted by molar-refractivity contribution is 0.225. The second-order valence-electron chi connectivity index (χ2n) is 4.28. The smallest absolute Gasteiger partial charge is 0.0925 e. The van der Waals surface area contributed by atoms with E-state index in [1.165, 1.54) is 32.1 Å². The Morgan fingerprint density at radius 1 is 1.31 bits per heavy atom. The normalized spacial score (nSPS) is 28.5. The average molecular weight is 182 g/mol. The van der Waals surface area contributed by atoms with Crippen molar-refractivity contribution >= 4 is 5.84 Å². The second kappa shape index (κ2) is 4.64. The fourth-order valence-corrected chi connectivity index (χ4v) is 2.21.